The Kier molecular flexibility index (Phi) is 6.12. The van der Waals surface area contributed by atoms with Crippen molar-refractivity contribution < 1.29 is 13.5 Å². The van der Waals surface area contributed by atoms with Crippen LogP contribution in [0.5, 0.6) is 5.75 Å². The summed E-state index contributed by atoms with van der Waals surface area (Å²) in [4.78, 5) is 13.3. The van der Waals surface area contributed by atoms with Crippen LogP contribution in [0.15, 0.2) is 39.4 Å². The van der Waals surface area contributed by atoms with Crippen LogP contribution in [0.25, 0.3) is 5.70 Å². The van der Waals surface area contributed by atoms with Crippen LogP contribution in [0.2, 0.25) is 0 Å². The molecule has 0 bridgehead atoms. The quantitative estimate of drug-likeness (QED) is 0.715. The number of hydrogen-bond donors (Lipinski definition) is 2. The van der Waals surface area contributed by atoms with Gasteiger partial charge in [-0.25, -0.2) is 13.1 Å². The van der Waals surface area contributed by atoms with Crippen molar-refractivity contribution in [2.24, 2.45) is 5.92 Å². The summed E-state index contributed by atoms with van der Waals surface area (Å²) in [5.41, 5.74) is 0.308. The van der Waals surface area contributed by atoms with Crippen molar-refractivity contribution in [1.29, 1.82) is 0 Å². The molecule has 1 aromatic heterocycles. The molecule has 0 atom stereocenters. The van der Waals surface area contributed by atoms with E-state index in [0.29, 0.717) is 30.3 Å². The number of aromatic hydroxyl groups is 1. The van der Waals surface area contributed by atoms with Crippen molar-refractivity contribution in [1.82, 2.24) is 9.78 Å². The highest BCUT2D eigenvalue weighted by Gasteiger charge is 2.28. The maximum absolute atomic E-state index is 13.1. The van der Waals surface area contributed by atoms with Gasteiger partial charge in [-0.3, -0.25) is 4.79 Å². The molecule has 156 valence electrons. The summed E-state index contributed by atoms with van der Waals surface area (Å²) in [5.74, 6) is 0.122. The molecule has 1 aliphatic heterocycles. The molecule has 0 saturated carbocycles. The van der Waals surface area contributed by atoms with Gasteiger partial charge in [0.25, 0.3) is 5.56 Å². The Bertz CT molecular complexity index is 1100. The van der Waals surface area contributed by atoms with Crippen LogP contribution >= 0.6 is 0 Å². The second-order valence-corrected chi connectivity index (χ2v) is 9.45. The topological polar surface area (TPSA) is 101 Å². The van der Waals surface area contributed by atoms with E-state index in [1.54, 1.807) is 18.2 Å². The van der Waals surface area contributed by atoms with Gasteiger partial charge >= 0.3 is 0 Å². The van der Waals surface area contributed by atoms with Gasteiger partial charge in [-0.15, -0.1) is 0 Å². The number of para-hydroxylation sites is 1. The lowest BCUT2D eigenvalue weighted by Gasteiger charge is -2.21. The fourth-order valence-electron chi connectivity index (χ4n) is 3.23. The monoisotopic (exact) mass is 417 g/mol. The fraction of sp³-hybridized carbons (Fsp3) is 0.429. The van der Waals surface area contributed by atoms with Crippen LogP contribution in [0.3, 0.4) is 0 Å². The van der Waals surface area contributed by atoms with Crippen molar-refractivity contribution in [2.45, 2.75) is 57.9 Å². The van der Waals surface area contributed by atoms with E-state index in [1.807, 2.05) is 6.92 Å². The average molecular weight is 418 g/mol. The third kappa shape index (κ3) is 4.37. The molecule has 0 radical (unpaired) electrons. The molecule has 2 aromatic rings. The number of hydrogen-bond acceptors (Lipinski definition) is 6. The van der Waals surface area contributed by atoms with E-state index in [0.717, 1.165) is 24.7 Å². The van der Waals surface area contributed by atoms with E-state index in [-0.39, 0.29) is 21.9 Å². The average Bonchev–Trinajstić information content (AvgIpc) is 2.66. The van der Waals surface area contributed by atoms with Gasteiger partial charge in [0.05, 0.1) is 21.7 Å². The van der Waals surface area contributed by atoms with Crippen molar-refractivity contribution >= 4 is 21.2 Å². The van der Waals surface area contributed by atoms with Gasteiger partial charge in [-0.2, -0.15) is 5.10 Å². The number of fused-ring (bicyclic) bond motifs is 1. The second kappa shape index (κ2) is 8.41. The van der Waals surface area contributed by atoms with Crippen molar-refractivity contribution in [3.63, 3.8) is 0 Å². The van der Waals surface area contributed by atoms with Gasteiger partial charge in [0.2, 0.25) is 9.84 Å². The number of nitrogens with zero attached hydrogens (tertiary/aromatic N) is 2. The zero-order chi connectivity index (χ0) is 21.2. The molecular weight excluding hydrogens is 390 g/mol. The summed E-state index contributed by atoms with van der Waals surface area (Å²) in [7, 11) is -3.75. The molecule has 1 aromatic carbocycles. The van der Waals surface area contributed by atoms with E-state index < -0.39 is 15.4 Å². The molecule has 7 nitrogen and oxygen atoms in total. The molecule has 0 unspecified atom stereocenters. The second-order valence-electron chi connectivity index (χ2n) is 7.68. The first-order valence-electron chi connectivity index (χ1n) is 9.90. The van der Waals surface area contributed by atoms with E-state index >= 15 is 0 Å². The highest BCUT2D eigenvalue weighted by molar-refractivity contribution is 7.94. The molecule has 0 amide bonds. The highest BCUT2D eigenvalue weighted by atomic mass is 32.2. The third-order valence-corrected chi connectivity index (χ3v) is 6.41. The van der Waals surface area contributed by atoms with Gasteiger partial charge in [0.1, 0.15) is 11.3 Å². The maximum Gasteiger partial charge on any atom is 0.279 e. The molecular formula is C21H27N3O4S. The smallest absolute Gasteiger partial charge is 0.279 e. The molecule has 2 heterocycles. The van der Waals surface area contributed by atoms with Crippen LogP contribution in [-0.4, -0.2) is 23.3 Å². The van der Waals surface area contributed by atoms with E-state index in [1.165, 1.54) is 10.7 Å². The Morgan fingerprint density at radius 2 is 1.97 bits per heavy atom. The first kappa shape index (κ1) is 21.1. The van der Waals surface area contributed by atoms with Crippen molar-refractivity contribution in [3.05, 3.63) is 51.3 Å². The van der Waals surface area contributed by atoms with Gasteiger partial charge in [0, 0.05) is 6.54 Å². The van der Waals surface area contributed by atoms with Crippen molar-refractivity contribution in [2.75, 3.05) is 5.32 Å². The van der Waals surface area contributed by atoms with Gasteiger partial charge < -0.3 is 10.4 Å². The fourth-order valence-corrected chi connectivity index (χ4v) is 4.54. The molecule has 1 aliphatic rings. The largest absolute Gasteiger partial charge is 0.505 e. The summed E-state index contributed by atoms with van der Waals surface area (Å²) < 4.78 is 26.8. The molecule has 2 N–H and O–H groups in total. The molecule has 0 spiro atoms. The summed E-state index contributed by atoms with van der Waals surface area (Å²) in [6.45, 7) is 6.54. The standard InChI is InChI=1S/C21H27N3O4S/c1-4-5-8-16-20(25)19(21(26)24(23-16)12-11-14(2)3)17-13-29(27,28)18-10-7-6-9-15(18)22-17/h6-7,9-10,13-14,22,25H,4-5,8,11-12H2,1-3H3. The Hall–Kier alpha value is -2.61. The van der Waals surface area contributed by atoms with Crippen molar-refractivity contribution in [3.8, 4) is 5.75 Å². The van der Waals surface area contributed by atoms with E-state index in [4.69, 9.17) is 0 Å². The highest BCUT2D eigenvalue weighted by Crippen LogP contribution is 2.35. The number of aryl methyl sites for hydroxylation is 2. The number of sulfone groups is 1. The SMILES string of the molecule is CCCCc1nn(CCC(C)C)c(=O)c(C2=CS(=O)(=O)c3ccccc3N2)c1O. The maximum atomic E-state index is 13.1. The first-order chi connectivity index (χ1) is 13.7. The van der Waals surface area contributed by atoms with Gasteiger partial charge in [-0.05, 0) is 37.3 Å². The predicted molar refractivity (Wildman–Crippen MR) is 113 cm³/mol. The molecule has 8 heteroatoms. The Morgan fingerprint density at radius 1 is 1.24 bits per heavy atom. The third-order valence-electron chi connectivity index (χ3n) is 4.89. The molecule has 0 saturated heterocycles. The molecule has 0 aliphatic carbocycles. The number of aromatic nitrogens is 2. The molecule has 0 fully saturated rings. The van der Waals surface area contributed by atoms with Crippen LogP contribution in [-0.2, 0) is 22.8 Å². The number of rotatable bonds is 7. The van der Waals surface area contributed by atoms with Gasteiger partial charge in [-0.1, -0.05) is 39.3 Å². The van der Waals surface area contributed by atoms with Gasteiger partial charge in [0.15, 0.2) is 5.75 Å². The lowest BCUT2D eigenvalue weighted by molar-refractivity contribution is 0.426. The van der Waals surface area contributed by atoms with E-state index in [2.05, 4.69) is 24.3 Å². The normalized spacial score (nSPS) is 15.0. The minimum atomic E-state index is -3.75. The number of anilines is 1. The summed E-state index contributed by atoms with van der Waals surface area (Å²) in [6, 6.07) is 6.49. The number of nitrogens with one attached hydrogen (secondary N) is 1. The number of benzene rings is 1. The lowest BCUT2D eigenvalue weighted by Crippen LogP contribution is -2.30. The summed E-state index contributed by atoms with van der Waals surface area (Å²) in [5, 5.41) is 19.2. The van der Waals surface area contributed by atoms with Crippen LogP contribution in [0.4, 0.5) is 5.69 Å². The van der Waals surface area contributed by atoms with Crippen LogP contribution < -0.4 is 10.9 Å². The zero-order valence-corrected chi connectivity index (χ0v) is 17.8. The minimum Gasteiger partial charge on any atom is -0.505 e. The molecule has 3 rings (SSSR count). The number of unbranched alkanes of at least 4 members (excludes halogenated alkanes) is 1. The zero-order valence-electron chi connectivity index (χ0n) is 17.0. The Morgan fingerprint density at radius 3 is 2.66 bits per heavy atom. The lowest BCUT2D eigenvalue weighted by atomic mass is 10.1. The summed E-state index contributed by atoms with van der Waals surface area (Å²) >= 11 is 0. The van der Waals surface area contributed by atoms with Crippen LogP contribution in [0.1, 0.15) is 51.3 Å². The Labute approximate surface area is 171 Å². The first-order valence-corrected chi connectivity index (χ1v) is 11.5. The minimum absolute atomic E-state index is 0.0482. The molecule has 29 heavy (non-hydrogen) atoms. The summed E-state index contributed by atoms with van der Waals surface area (Å²) in [6.07, 6.45) is 2.96. The Balaban J connectivity index is 2.16. The van der Waals surface area contributed by atoms with E-state index in [9.17, 15) is 18.3 Å². The predicted octanol–water partition coefficient (Wildman–Crippen LogP) is 3.54. The van der Waals surface area contributed by atoms with Crippen LogP contribution in [0, 0.1) is 5.92 Å².